The van der Waals surface area contributed by atoms with Crippen LogP contribution in [0.25, 0.3) is 11.3 Å². The fourth-order valence-electron chi connectivity index (χ4n) is 3.10. The van der Waals surface area contributed by atoms with Gasteiger partial charge in [0.25, 0.3) is 5.91 Å². The SMILES string of the molecule is COC(=O)c1cccc2c1OCCN2C(=O)c1cc(-c2ccc(C)cc2)no1. The van der Waals surface area contributed by atoms with Crippen LogP contribution in [0.3, 0.4) is 0 Å². The summed E-state index contributed by atoms with van der Waals surface area (Å²) in [7, 11) is 1.30. The molecule has 28 heavy (non-hydrogen) atoms. The first-order valence-electron chi connectivity index (χ1n) is 8.78. The summed E-state index contributed by atoms with van der Waals surface area (Å²) in [5.74, 6) is -0.427. The maximum atomic E-state index is 13.0. The second-order valence-electron chi connectivity index (χ2n) is 6.39. The average Bonchev–Trinajstić information content (AvgIpc) is 3.22. The van der Waals surface area contributed by atoms with Crippen molar-refractivity contribution < 1.29 is 23.6 Å². The molecule has 0 fully saturated rings. The Morgan fingerprint density at radius 1 is 1.14 bits per heavy atom. The molecule has 0 atom stereocenters. The monoisotopic (exact) mass is 378 g/mol. The Balaban J connectivity index is 1.66. The Kier molecular flexibility index (Phi) is 4.57. The third kappa shape index (κ3) is 3.11. The van der Waals surface area contributed by atoms with Crippen molar-refractivity contribution in [1.29, 1.82) is 0 Å². The molecule has 2 aromatic carbocycles. The van der Waals surface area contributed by atoms with Crippen LogP contribution in [-0.2, 0) is 4.74 Å². The summed E-state index contributed by atoms with van der Waals surface area (Å²) in [6.45, 7) is 2.59. The van der Waals surface area contributed by atoms with Crippen molar-refractivity contribution >= 4 is 17.6 Å². The van der Waals surface area contributed by atoms with Gasteiger partial charge in [-0.05, 0) is 19.1 Å². The van der Waals surface area contributed by atoms with E-state index in [1.165, 1.54) is 12.0 Å². The number of benzene rings is 2. The molecule has 1 aromatic heterocycles. The lowest BCUT2D eigenvalue weighted by Gasteiger charge is -2.29. The summed E-state index contributed by atoms with van der Waals surface area (Å²) in [6, 6.07) is 14.4. The van der Waals surface area contributed by atoms with E-state index in [1.54, 1.807) is 24.3 Å². The number of nitrogens with zero attached hydrogens (tertiary/aromatic N) is 2. The fourth-order valence-corrected chi connectivity index (χ4v) is 3.10. The van der Waals surface area contributed by atoms with Gasteiger partial charge in [-0.1, -0.05) is 41.1 Å². The van der Waals surface area contributed by atoms with Crippen LogP contribution in [0.1, 0.15) is 26.5 Å². The van der Waals surface area contributed by atoms with Crippen LogP contribution in [0.15, 0.2) is 53.1 Å². The number of aryl methyl sites for hydroxylation is 1. The molecule has 0 radical (unpaired) electrons. The molecule has 7 heteroatoms. The first kappa shape index (κ1) is 17.8. The first-order valence-corrected chi connectivity index (χ1v) is 8.78. The number of para-hydroxylation sites is 1. The van der Waals surface area contributed by atoms with Gasteiger partial charge in [0.2, 0.25) is 5.76 Å². The molecule has 0 bridgehead atoms. The highest BCUT2D eigenvalue weighted by Gasteiger charge is 2.30. The van der Waals surface area contributed by atoms with Gasteiger partial charge in [0.05, 0.1) is 19.3 Å². The van der Waals surface area contributed by atoms with Gasteiger partial charge in [-0.2, -0.15) is 0 Å². The van der Waals surface area contributed by atoms with Gasteiger partial charge < -0.3 is 14.0 Å². The minimum Gasteiger partial charge on any atom is -0.489 e. The molecule has 1 amide bonds. The number of fused-ring (bicyclic) bond motifs is 1. The summed E-state index contributed by atoms with van der Waals surface area (Å²) >= 11 is 0. The van der Waals surface area contributed by atoms with E-state index in [-0.39, 0.29) is 23.8 Å². The molecule has 142 valence electrons. The van der Waals surface area contributed by atoms with Crippen LogP contribution in [-0.4, -0.2) is 37.3 Å². The number of aromatic nitrogens is 1. The zero-order valence-electron chi connectivity index (χ0n) is 15.5. The summed E-state index contributed by atoms with van der Waals surface area (Å²) in [4.78, 5) is 26.5. The summed E-state index contributed by atoms with van der Waals surface area (Å²) in [5.41, 5.74) is 3.35. The van der Waals surface area contributed by atoms with Crippen LogP contribution < -0.4 is 9.64 Å². The lowest BCUT2D eigenvalue weighted by Crippen LogP contribution is -2.38. The quantitative estimate of drug-likeness (QED) is 0.649. The summed E-state index contributed by atoms with van der Waals surface area (Å²) in [6.07, 6.45) is 0. The minimum atomic E-state index is -0.521. The number of anilines is 1. The van der Waals surface area contributed by atoms with E-state index in [0.717, 1.165) is 11.1 Å². The molecule has 0 spiro atoms. The van der Waals surface area contributed by atoms with E-state index in [4.69, 9.17) is 14.0 Å². The van der Waals surface area contributed by atoms with Crippen molar-refractivity contribution in [2.24, 2.45) is 0 Å². The largest absolute Gasteiger partial charge is 0.489 e. The molecule has 7 nitrogen and oxygen atoms in total. The van der Waals surface area contributed by atoms with Gasteiger partial charge in [0.1, 0.15) is 17.9 Å². The standard InChI is InChI=1S/C21H18N2O5/c1-13-6-8-14(9-7-13)16-12-18(28-22-16)20(24)23-10-11-27-19-15(21(25)26-2)4-3-5-17(19)23/h3-9,12H,10-11H2,1-2H3. The summed E-state index contributed by atoms with van der Waals surface area (Å²) in [5, 5.41) is 4.02. The van der Waals surface area contributed by atoms with Crippen LogP contribution in [0, 0.1) is 6.92 Å². The van der Waals surface area contributed by atoms with Crippen molar-refractivity contribution in [2.45, 2.75) is 6.92 Å². The van der Waals surface area contributed by atoms with Crippen molar-refractivity contribution in [3.05, 3.63) is 65.4 Å². The number of carbonyl (C=O) groups is 2. The topological polar surface area (TPSA) is 81.9 Å². The molecule has 0 saturated heterocycles. The van der Waals surface area contributed by atoms with E-state index in [2.05, 4.69) is 5.16 Å². The Hall–Kier alpha value is -3.61. The normalized spacial score (nSPS) is 12.9. The number of methoxy groups -OCH3 is 1. The number of ether oxygens (including phenoxy) is 2. The van der Waals surface area contributed by atoms with E-state index >= 15 is 0 Å². The van der Waals surface area contributed by atoms with Gasteiger partial charge in [0, 0.05) is 11.6 Å². The fraction of sp³-hybridized carbons (Fsp3) is 0.190. The highest BCUT2D eigenvalue weighted by molar-refractivity contribution is 6.07. The molecule has 0 saturated carbocycles. The highest BCUT2D eigenvalue weighted by atomic mass is 16.5. The molecule has 3 aromatic rings. The van der Waals surface area contributed by atoms with Crippen molar-refractivity contribution in [1.82, 2.24) is 5.16 Å². The molecule has 1 aliphatic heterocycles. The second kappa shape index (κ2) is 7.19. The second-order valence-corrected chi connectivity index (χ2v) is 6.39. The number of rotatable bonds is 3. The number of carbonyl (C=O) groups excluding carboxylic acids is 2. The molecule has 2 heterocycles. The van der Waals surface area contributed by atoms with Crippen molar-refractivity contribution in [2.75, 3.05) is 25.2 Å². The number of esters is 1. The van der Waals surface area contributed by atoms with E-state index in [0.29, 0.717) is 23.7 Å². The van der Waals surface area contributed by atoms with Crippen LogP contribution in [0.4, 0.5) is 5.69 Å². The molecular weight excluding hydrogens is 360 g/mol. The zero-order chi connectivity index (χ0) is 19.7. The molecule has 0 aliphatic carbocycles. The first-order chi connectivity index (χ1) is 13.6. The van der Waals surface area contributed by atoms with Gasteiger partial charge >= 0.3 is 5.97 Å². The Bertz CT molecular complexity index is 1040. The third-order valence-corrected chi connectivity index (χ3v) is 4.57. The summed E-state index contributed by atoms with van der Waals surface area (Å²) < 4.78 is 15.7. The molecule has 0 unspecified atom stereocenters. The molecule has 0 N–H and O–H groups in total. The van der Waals surface area contributed by atoms with Crippen LogP contribution in [0.2, 0.25) is 0 Å². The molecule has 1 aliphatic rings. The lowest BCUT2D eigenvalue weighted by molar-refractivity contribution is 0.0595. The predicted molar refractivity (Wildman–Crippen MR) is 102 cm³/mol. The number of amides is 1. The van der Waals surface area contributed by atoms with E-state index < -0.39 is 5.97 Å². The van der Waals surface area contributed by atoms with Crippen molar-refractivity contribution in [3.8, 4) is 17.0 Å². The Labute approximate surface area is 161 Å². The Morgan fingerprint density at radius 2 is 1.93 bits per heavy atom. The van der Waals surface area contributed by atoms with Crippen molar-refractivity contribution in [3.63, 3.8) is 0 Å². The smallest absolute Gasteiger partial charge is 0.341 e. The zero-order valence-corrected chi connectivity index (χ0v) is 15.5. The lowest BCUT2D eigenvalue weighted by atomic mass is 10.1. The van der Waals surface area contributed by atoms with Gasteiger partial charge in [-0.3, -0.25) is 9.69 Å². The Morgan fingerprint density at radius 3 is 2.68 bits per heavy atom. The van der Waals surface area contributed by atoms with E-state index in [1.807, 2.05) is 31.2 Å². The van der Waals surface area contributed by atoms with Gasteiger partial charge in [-0.25, -0.2) is 4.79 Å². The number of hydrogen-bond acceptors (Lipinski definition) is 6. The average molecular weight is 378 g/mol. The maximum Gasteiger partial charge on any atom is 0.341 e. The molecule has 4 rings (SSSR count). The van der Waals surface area contributed by atoms with Gasteiger partial charge in [-0.15, -0.1) is 0 Å². The maximum absolute atomic E-state index is 13.0. The van der Waals surface area contributed by atoms with Crippen LogP contribution in [0.5, 0.6) is 5.75 Å². The van der Waals surface area contributed by atoms with Crippen LogP contribution >= 0.6 is 0 Å². The predicted octanol–water partition coefficient (Wildman–Crippen LogP) is 3.48. The minimum absolute atomic E-state index is 0.117. The van der Waals surface area contributed by atoms with E-state index in [9.17, 15) is 9.59 Å². The third-order valence-electron chi connectivity index (χ3n) is 4.57. The number of hydrogen-bond donors (Lipinski definition) is 0. The van der Waals surface area contributed by atoms with Gasteiger partial charge in [0.15, 0.2) is 5.75 Å². The molecular formula is C21H18N2O5. The highest BCUT2D eigenvalue weighted by Crippen LogP contribution is 2.36.